The third-order valence-electron chi connectivity index (χ3n) is 3.83. The van der Waals surface area contributed by atoms with Crippen LogP contribution in [0.1, 0.15) is 5.69 Å². The minimum atomic E-state index is -0.712. The molecule has 0 unspecified atom stereocenters. The van der Waals surface area contributed by atoms with Crippen molar-refractivity contribution in [1.82, 2.24) is 4.57 Å². The molecule has 3 rings (SSSR count). The summed E-state index contributed by atoms with van der Waals surface area (Å²) >= 11 is 1.12. The molecule has 1 aliphatic rings. The third-order valence-corrected chi connectivity index (χ3v) is 4.85. The highest BCUT2D eigenvalue weighted by atomic mass is 32.2. The summed E-state index contributed by atoms with van der Waals surface area (Å²) in [5, 5.41) is 21.5. The molecule has 0 aliphatic carbocycles. The molecular weight excluding hydrogens is 370 g/mol. The minimum absolute atomic E-state index is 0.0405. The first-order valence-corrected chi connectivity index (χ1v) is 8.58. The topological polar surface area (TPSA) is 107 Å². The van der Waals surface area contributed by atoms with Crippen molar-refractivity contribution in [2.75, 3.05) is 7.11 Å². The van der Waals surface area contributed by atoms with Gasteiger partial charge in [-0.15, -0.1) is 0 Å². The van der Waals surface area contributed by atoms with Crippen LogP contribution in [-0.2, 0) is 16.6 Å². The van der Waals surface area contributed by atoms with Crippen LogP contribution in [0.2, 0.25) is 0 Å². The van der Waals surface area contributed by atoms with E-state index in [-0.39, 0.29) is 22.1 Å². The van der Waals surface area contributed by atoms with E-state index in [4.69, 9.17) is 4.74 Å². The normalized spacial score (nSPS) is 17.0. The van der Waals surface area contributed by atoms with Gasteiger partial charge in [0.2, 0.25) is 0 Å². The van der Waals surface area contributed by atoms with Crippen molar-refractivity contribution in [2.45, 2.75) is 0 Å². The molecule has 1 aromatic carbocycles. The number of benzene rings is 1. The summed E-state index contributed by atoms with van der Waals surface area (Å²) in [4.78, 5) is 27.2. The van der Waals surface area contributed by atoms with Crippen LogP contribution in [0.15, 0.2) is 63.8 Å². The van der Waals surface area contributed by atoms with Crippen molar-refractivity contribution >= 4 is 40.2 Å². The molecule has 9 heteroatoms. The molecule has 0 atom stereocenters. The predicted octanol–water partition coefficient (Wildman–Crippen LogP) is 3.74. The van der Waals surface area contributed by atoms with Gasteiger partial charge in [-0.2, -0.15) is 0 Å². The first-order chi connectivity index (χ1) is 12.9. The van der Waals surface area contributed by atoms with E-state index in [0.29, 0.717) is 10.6 Å². The number of hydrogen-bond acceptors (Lipinski definition) is 7. The van der Waals surface area contributed by atoms with E-state index in [1.165, 1.54) is 31.4 Å². The lowest BCUT2D eigenvalue weighted by molar-refractivity contribution is -0.384. The van der Waals surface area contributed by atoms with Gasteiger partial charge in [-0.1, -0.05) is 11.8 Å². The molecule has 1 aromatic heterocycles. The van der Waals surface area contributed by atoms with Gasteiger partial charge in [-0.3, -0.25) is 10.1 Å². The number of ether oxygens (including phenoxy) is 1. The highest BCUT2D eigenvalue weighted by Crippen LogP contribution is 2.40. The first kappa shape index (κ1) is 18.5. The second-order valence-electron chi connectivity index (χ2n) is 5.56. The van der Waals surface area contributed by atoms with Gasteiger partial charge in [0, 0.05) is 31.1 Å². The Morgan fingerprint density at radius 3 is 2.59 bits per heavy atom. The number of carbonyl (C=O) groups excluding carboxylic acids is 1. The number of nitro benzene ring substituents is 1. The number of non-ortho nitro benzene ring substituents is 1. The van der Waals surface area contributed by atoms with Gasteiger partial charge in [0.25, 0.3) is 5.69 Å². The fourth-order valence-electron chi connectivity index (χ4n) is 2.42. The Morgan fingerprint density at radius 1 is 1.33 bits per heavy atom. The van der Waals surface area contributed by atoms with Crippen molar-refractivity contribution in [2.24, 2.45) is 12.0 Å². The van der Waals surface area contributed by atoms with Gasteiger partial charge >= 0.3 is 5.97 Å². The summed E-state index contributed by atoms with van der Waals surface area (Å²) in [6.45, 7) is 0. The van der Waals surface area contributed by atoms with Gasteiger partial charge in [0.05, 0.1) is 22.6 Å². The number of carbonyl (C=O) groups is 1. The van der Waals surface area contributed by atoms with Crippen LogP contribution in [0.3, 0.4) is 0 Å². The molecule has 8 nitrogen and oxygen atoms in total. The molecule has 0 saturated heterocycles. The van der Waals surface area contributed by atoms with Crippen LogP contribution in [-0.4, -0.2) is 32.7 Å². The number of methoxy groups -OCH3 is 1. The number of esters is 1. The summed E-state index contributed by atoms with van der Waals surface area (Å²) in [7, 11) is 3.08. The van der Waals surface area contributed by atoms with Crippen molar-refractivity contribution in [3.8, 4) is 0 Å². The zero-order valence-electron chi connectivity index (χ0n) is 14.4. The van der Waals surface area contributed by atoms with E-state index in [0.717, 1.165) is 17.5 Å². The maximum Gasteiger partial charge on any atom is 0.344 e. The van der Waals surface area contributed by atoms with E-state index >= 15 is 0 Å². The zero-order valence-corrected chi connectivity index (χ0v) is 15.3. The van der Waals surface area contributed by atoms with Crippen LogP contribution in [0.5, 0.6) is 0 Å². The van der Waals surface area contributed by atoms with Gasteiger partial charge in [0.15, 0.2) is 0 Å². The lowest BCUT2D eigenvalue weighted by Gasteiger charge is -2.01. The lowest BCUT2D eigenvalue weighted by Crippen LogP contribution is -2.10. The van der Waals surface area contributed by atoms with E-state index in [1.54, 1.807) is 6.08 Å². The van der Waals surface area contributed by atoms with Gasteiger partial charge < -0.3 is 14.4 Å². The smallest absolute Gasteiger partial charge is 0.344 e. The van der Waals surface area contributed by atoms with Crippen LogP contribution >= 0.6 is 11.8 Å². The molecule has 0 spiro atoms. The highest BCUT2D eigenvalue weighted by molar-refractivity contribution is 8.18. The molecular formula is C18H15N3O5S. The van der Waals surface area contributed by atoms with Crippen molar-refractivity contribution in [1.29, 1.82) is 0 Å². The van der Waals surface area contributed by atoms with Crippen molar-refractivity contribution in [3.63, 3.8) is 0 Å². The maximum atomic E-state index is 12.1. The molecule has 2 heterocycles. The Balaban J connectivity index is 2.02. The van der Waals surface area contributed by atoms with Crippen LogP contribution in [0.4, 0.5) is 11.4 Å². The van der Waals surface area contributed by atoms with Crippen molar-refractivity contribution < 1.29 is 19.6 Å². The molecule has 0 bridgehead atoms. The average molecular weight is 385 g/mol. The Kier molecular flexibility index (Phi) is 5.13. The van der Waals surface area contributed by atoms with E-state index < -0.39 is 10.9 Å². The Labute approximate surface area is 158 Å². The molecule has 1 N–H and O–H groups in total. The lowest BCUT2D eigenvalue weighted by atomic mass is 10.2. The van der Waals surface area contributed by atoms with Gasteiger partial charge in [-0.05, 0) is 30.3 Å². The fourth-order valence-corrected chi connectivity index (χ4v) is 3.44. The summed E-state index contributed by atoms with van der Waals surface area (Å²) in [5.74, 6) is -0.926. The number of thioether (sulfide) groups is 1. The second-order valence-corrected chi connectivity index (χ2v) is 6.59. The van der Waals surface area contributed by atoms with Gasteiger partial charge in [0.1, 0.15) is 16.4 Å². The molecule has 0 radical (unpaired) electrons. The number of hydrogen-bond donors (Lipinski definition) is 1. The Hall–Kier alpha value is -3.33. The molecule has 2 aromatic rings. The minimum Gasteiger partial charge on any atom is -0.506 e. The summed E-state index contributed by atoms with van der Waals surface area (Å²) in [6.07, 6.45) is 3.60. The predicted molar refractivity (Wildman–Crippen MR) is 103 cm³/mol. The Bertz CT molecular complexity index is 1000. The summed E-state index contributed by atoms with van der Waals surface area (Å²) in [5.41, 5.74) is 1.15. The SMILES string of the molecule is COC(=O)C1=C(O)/C(=C\c2cccn2C)SC1=Nc1ccc([N+](=O)[O-])cc1. The fraction of sp³-hybridized carbons (Fsp3) is 0.111. The van der Waals surface area contributed by atoms with Crippen LogP contribution in [0.25, 0.3) is 6.08 Å². The quantitative estimate of drug-likeness (QED) is 0.488. The van der Waals surface area contributed by atoms with E-state index in [9.17, 15) is 20.0 Å². The first-order valence-electron chi connectivity index (χ1n) is 7.77. The maximum absolute atomic E-state index is 12.1. The van der Waals surface area contributed by atoms with Gasteiger partial charge in [-0.25, -0.2) is 9.79 Å². The number of aryl methyl sites for hydroxylation is 1. The van der Waals surface area contributed by atoms with Crippen LogP contribution in [0, 0.1) is 10.1 Å². The number of nitro groups is 1. The standard InChI is InChI=1S/C18H15N3O5S/c1-20-9-3-4-13(20)10-14-16(22)15(18(23)26-2)17(27-14)19-11-5-7-12(8-6-11)21(24)25/h3-10,22H,1-2H3/b14-10+,19-17?. The molecule has 1 aliphatic heterocycles. The summed E-state index contributed by atoms with van der Waals surface area (Å²) in [6, 6.07) is 9.30. The van der Waals surface area contributed by atoms with Crippen LogP contribution < -0.4 is 0 Å². The second kappa shape index (κ2) is 7.50. The number of aromatic nitrogens is 1. The number of rotatable bonds is 4. The number of nitrogens with zero attached hydrogens (tertiary/aromatic N) is 3. The third kappa shape index (κ3) is 3.77. The zero-order chi connectivity index (χ0) is 19.6. The molecule has 0 fully saturated rings. The number of aliphatic hydroxyl groups excluding tert-OH is 1. The largest absolute Gasteiger partial charge is 0.506 e. The number of aliphatic hydroxyl groups is 1. The number of aliphatic imine (C=N–C) groups is 1. The molecule has 138 valence electrons. The molecule has 27 heavy (non-hydrogen) atoms. The molecule has 0 amide bonds. The summed E-state index contributed by atoms with van der Waals surface area (Å²) < 4.78 is 6.62. The van der Waals surface area contributed by atoms with E-state index in [1.807, 2.05) is 29.9 Å². The monoisotopic (exact) mass is 385 g/mol. The van der Waals surface area contributed by atoms with Crippen molar-refractivity contribution in [3.05, 3.63) is 74.6 Å². The Morgan fingerprint density at radius 2 is 2.04 bits per heavy atom. The highest BCUT2D eigenvalue weighted by Gasteiger charge is 2.33. The molecule has 0 saturated carbocycles. The van der Waals surface area contributed by atoms with E-state index in [2.05, 4.69) is 4.99 Å². The average Bonchev–Trinajstić information content (AvgIpc) is 3.18.